The van der Waals surface area contributed by atoms with E-state index < -0.39 is 0 Å². The van der Waals surface area contributed by atoms with Gasteiger partial charge in [0.1, 0.15) is 0 Å². The molecule has 0 bridgehead atoms. The summed E-state index contributed by atoms with van der Waals surface area (Å²) in [4.78, 5) is 4.32. The molecule has 4 nitrogen and oxygen atoms in total. The fraction of sp³-hybridized carbons (Fsp3) is 0.333. The number of nitrogens with zero attached hydrogens (tertiary/aromatic N) is 2. The molecular formula is C12H14BrN3O. The van der Waals surface area contributed by atoms with Crippen LogP contribution in [0, 0.1) is 0 Å². The van der Waals surface area contributed by atoms with E-state index >= 15 is 0 Å². The van der Waals surface area contributed by atoms with E-state index in [4.69, 9.17) is 10.3 Å². The third-order valence-electron chi connectivity index (χ3n) is 2.44. The lowest BCUT2D eigenvalue weighted by Gasteiger charge is -2.02. The van der Waals surface area contributed by atoms with Crippen molar-refractivity contribution >= 4 is 15.9 Å². The van der Waals surface area contributed by atoms with E-state index in [2.05, 4.69) is 33.0 Å². The minimum absolute atomic E-state index is 0.173. The van der Waals surface area contributed by atoms with Gasteiger partial charge < -0.3 is 10.3 Å². The first-order valence-electron chi connectivity index (χ1n) is 5.56. The van der Waals surface area contributed by atoms with Gasteiger partial charge >= 0.3 is 0 Å². The second kappa shape index (κ2) is 5.42. The molecule has 17 heavy (non-hydrogen) atoms. The molecule has 1 aromatic heterocycles. The third-order valence-corrected chi connectivity index (χ3v) is 2.93. The number of nitrogens with two attached hydrogens (primary N) is 1. The van der Waals surface area contributed by atoms with Crippen LogP contribution in [0.1, 0.15) is 31.7 Å². The number of rotatable bonds is 4. The van der Waals surface area contributed by atoms with Crippen molar-refractivity contribution in [2.75, 3.05) is 0 Å². The minimum atomic E-state index is -0.173. The Morgan fingerprint density at radius 1 is 1.47 bits per heavy atom. The highest BCUT2D eigenvalue weighted by molar-refractivity contribution is 9.10. The number of hydrogen-bond donors (Lipinski definition) is 1. The first-order chi connectivity index (χ1) is 8.20. The van der Waals surface area contributed by atoms with Crippen LogP contribution in [0.4, 0.5) is 0 Å². The predicted molar refractivity (Wildman–Crippen MR) is 69.3 cm³/mol. The maximum atomic E-state index is 5.92. The van der Waals surface area contributed by atoms with Crippen molar-refractivity contribution in [1.82, 2.24) is 10.1 Å². The van der Waals surface area contributed by atoms with E-state index in [1.165, 1.54) is 0 Å². The first kappa shape index (κ1) is 12.3. The third kappa shape index (κ3) is 2.92. The maximum Gasteiger partial charge on any atom is 0.243 e. The number of benzene rings is 1. The molecule has 0 aliphatic carbocycles. The predicted octanol–water partition coefficient (Wildman–Crippen LogP) is 3.30. The molecule has 0 spiro atoms. The summed E-state index contributed by atoms with van der Waals surface area (Å²) < 4.78 is 6.16. The summed E-state index contributed by atoms with van der Waals surface area (Å²) in [6.45, 7) is 2.07. The van der Waals surface area contributed by atoms with Gasteiger partial charge in [-0.15, -0.1) is 0 Å². The Morgan fingerprint density at radius 2 is 2.29 bits per heavy atom. The maximum absolute atomic E-state index is 5.92. The quantitative estimate of drug-likeness (QED) is 0.940. The summed E-state index contributed by atoms with van der Waals surface area (Å²) in [5.41, 5.74) is 6.84. The molecule has 0 unspecified atom stereocenters. The van der Waals surface area contributed by atoms with Crippen LogP contribution >= 0.6 is 15.9 Å². The molecule has 0 saturated heterocycles. The van der Waals surface area contributed by atoms with Crippen molar-refractivity contribution in [3.8, 4) is 11.4 Å². The van der Waals surface area contributed by atoms with Crippen LogP contribution in [-0.2, 0) is 0 Å². The second-order valence-electron chi connectivity index (χ2n) is 3.86. The Labute approximate surface area is 108 Å². The first-order valence-corrected chi connectivity index (χ1v) is 6.35. The average Bonchev–Trinajstić information content (AvgIpc) is 2.78. The zero-order valence-corrected chi connectivity index (χ0v) is 11.1. The summed E-state index contributed by atoms with van der Waals surface area (Å²) in [5.74, 6) is 1.08. The van der Waals surface area contributed by atoms with Gasteiger partial charge in [0.05, 0.1) is 6.04 Å². The van der Waals surface area contributed by atoms with Crippen molar-refractivity contribution in [3.63, 3.8) is 0 Å². The summed E-state index contributed by atoms with van der Waals surface area (Å²) in [6.07, 6.45) is 1.84. The molecule has 2 N–H and O–H groups in total. The van der Waals surface area contributed by atoms with Crippen molar-refractivity contribution in [2.45, 2.75) is 25.8 Å². The van der Waals surface area contributed by atoms with Gasteiger partial charge in [0.15, 0.2) is 0 Å². The molecule has 1 heterocycles. The van der Waals surface area contributed by atoms with Crippen LogP contribution in [-0.4, -0.2) is 10.1 Å². The highest BCUT2D eigenvalue weighted by atomic mass is 79.9. The number of halogens is 1. The van der Waals surface area contributed by atoms with Crippen LogP contribution in [0.3, 0.4) is 0 Å². The highest BCUT2D eigenvalue weighted by Gasteiger charge is 2.14. The molecule has 5 heteroatoms. The molecule has 2 rings (SSSR count). The lowest BCUT2D eigenvalue weighted by molar-refractivity contribution is 0.348. The smallest absolute Gasteiger partial charge is 0.243 e. The molecule has 0 fully saturated rings. The molecule has 0 saturated carbocycles. The molecule has 0 aliphatic rings. The Balaban J connectivity index is 2.23. The van der Waals surface area contributed by atoms with Gasteiger partial charge in [-0.3, -0.25) is 0 Å². The van der Waals surface area contributed by atoms with Crippen molar-refractivity contribution in [3.05, 3.63) is 34.6 Å². The van der Waals surface area contributed by atoms with Gasteiger partial charge in [0.2, 0.25) is 11.7 Å². The van der Waals surface area contributed by atoms with E-state index in [1.807, 2.05) is 24.3 Å². The fourth-order valence-corrected chi connectivity index (χ4v) is 1.96. The summed E-state index contributed by atoms with van der Waals surface area (Å²) in [7, 11) is 0. The molecule has 0 amide bonds. The minimum Gasteiger partial charge on any atom is -0.337 e. The van der Waals surface area contributed by atoms with E-state index in [1.54, 1.807) is 0 Å². The van der Waals surface area contributed by atoms with Gasteiger partial charge in [-0.25, -0.2) is 0 Å². The Morgan fingerprint density at radius 3 is 3.00 bits per heavy atom. The van der Waals surface area contributed by atoms with E-state index in [9.17, 15) is 0 Å². The van der Waals surface area contributed by atoms with E-state index in [-0.39, 0.29) is 6.04 Å². The molecule has 0 aliphatic heterocycles. The molecule has 1 atom stereocenters. The molecule has 1 aromatic carbocycles. The monoisotopic (exact) mass is 295 g/mol. The SMILES string of the molecule is CCC[C@H](N)c1nc(-c2cccc(Br)c2)no1. The van der Waals surface area contributed by atoms with Crippen molar-refractivity contribution in [2.24, 2.45) is 5.73 Å². The summed E-state index contributed by atoms with van der Waals surface area (Å²) in [6, 6.07) is 7.59. The highest BCUT2D eigenvalue weighted by Crippen LogP contribution is 2.22. The topological polar surface area (TPSA) is 64.9 Å². The number of aromatic nitrogens is 2. The lowest BCUT2D eigenvalue weighted by atomic mass is 10.2. The molecule has 90 valence electrons. The lowest BCUT2D eigenvalue weighted by Crippen LogP contribution is -2.09. The molecule has 2 aromatic rings. The van der Waals surface area contributed by atoms with Gasteiger partial charge in [-0.1, -0.05) is 46.6 Å². The Bertz CT molecular complexity index is 498. The van der Waals surface area contributed by atoms with Crippen molar-refractivity contribution in [1.29, 1.82) is 0 Å². The largest absolute Gasteiger partial charge is 0.337 e. The second-order valence-corrected chi connectivity index (χ2v) is 4.78. The van der Waals surface area contributed by atoms with Crippen LogP contribution in [0.25, 0.3) is 11.4 Å². The normalized spacial score (nSPS) is 12.6. The Hall–Kier alpha value is -1.20. The number of hydrogen-bond acceptors (Lipinski definition) is 4. The van der Waals surface area contributed by atoms with Crippen molar-refractivity contribution < 1.29 is 4.52 Å². The van der Waals surface area contributed by atoms with Gasteiger partial charge in [0.25, 0.3) is 0 Å². The van der Waals surface area contributed by atoms with Crippen LogP contribution < -0.4 is 5.73 Å². The standard InChI is InChI=1S/C12H14BrN3O/c1-2-4-10(14)12-15-11(16-17-12)8-5-3-6-9(13)7-8/h3,5-7,10H,2,4,14H2,1H3/t10-/m0/s1. The fourth-order valence-electron chi connectivity index (χ4n) is 1.57. The van der Waals surface area contributed by atoms with Gasteiger partial charge in [-0.05, 0) is 18.6 Å². The van der Waals surface area contributed by atoms with E-state index in [0.717, 1.165) is 22.9 Å². The van der Waals surface area contributed by atoms with Gasteiger partial charge in [0, 0.05) is 10.0 Å². The average molecular weight is 296 g/mol. The Kier molecular flexibility index (Phi) is 3.91. The van der Waals surface area contributed by atoms with Gasteiger partial charge in [-0.2, -0.15) is 4.98 Å². The van der Waals surface area contributed by atoms with Crippen LogP contribution in [0.2, 0.25) is 0 Å². The molecule has 0 radical (unpaired) electrons. The summed E-state index contributed by atoms with van der Waals surface area (Å²) in [5, 5.41) is 3.94. The molecular weight excluding hydrogens is 282 g/mol. The van der Waals surface area contributed by atoms with Crippen LogP contribution in [0.15, 0.2) is 33.3 Å². The zero-order valence-electron chi connectivity index (χ0n) is 9.56. The summed E-state index contributed by atoms with van der Waals surface area (Å²) >= 11 is 3.41. The van der Waals surface area contributed by atoms with Crippen LogP contribution in [0.5, 0.6) is 0 Å². The zero-order chi connectivity index (χ0) is 12.3. The van der Waals surface area contributed by atoms with E-state index in [0.29, 0.717) is 11.7 Å².